The van der Waals surface area contributed by atoms with Gasteiger partial charge in [-0.2, -0.15) is 0 Å². The summed E-state index contributed by atoms with van der Waals surface area (Å²) < 4.78 is 1.67. The molecule has 0 unspecified atom stereocenters. The van der Waals surface area contributed by atoms with Gasteiger partial charge in [0.05, 0.1) is 0 Å². The molecule has 0 spiro atoms. The van der Waals surface area contributed by atoms with Gasteiger partial charge >= 0.3 is 0 Å². The second-order valence-electron chi connectivity index (χ2n) is 5.52. The van der Waals surface area contributed by atoms with E-state index in [1.165, 1.54) is 6.42 Å². The van der Waals surface area contributed by atoms with Gasteiger partial charge in [-0.05, 0) is 30.5 Å². The molecule has 0 saturated heterocycles. The van der Waals surface area contributed by atoms with Crippen molar-refractivity contribution in [3.05, 3.63) is 30.3 Å². The van der Waals surface area contributed by atoms with Crippen LogP contribution in [-0.2, 0) is 0 Å². The third-order valence-electron chi connectivity index (χ3n) is 4.15. The first-order valence-corrected chi connectivity index (χ1v) is 7.16. The Bertz CT molecular complexity index is 596. The van der Waals surface area contributed by atoms with E-state index in [2.05, 4.69) is 0 Å². The lowest BCUT2D eigenvalue weighted by atomic mass is 9.95. The summed E-state index contributed by atoms with van der Waals surface area (Å²) in [4.78, 5) is 0. The number of hydrogen-bond donors (Lipinski definition) is 3. The number of nitrogens with zero attached hydrogens (tertiary/aromatic N) is 1. The van der Waals surface area contributed by atoms with Crippen molar-refractivity contribution in [1.29, 1.82) is 0 Å². The molecule has 20 heavy (non-hydrogen) atoms. The van der Waals surface area contributed by atoms with E-state index in [0.717, 1.165) is 31.2 Å². The highest BCUT2D eigenvalue weighted by molar-refractivity contribution is 5.72. The highest BCUT2D eigenvalue weighted by atomic mass is 16.3. The molecule has 0 amide bonds. The smallest absolute Gasteiger partial charge is 0.202 e. The van der Waals surface area contributed by atoms with Gasteiger partial charge in [-0.1, -0.05) is 31.4 Å². The maximum Gasteiger partial charge on any atom is 0.202 e. The fraction of sp³-hybridized carbons (Fsp3) is 0.375. The normalized spacial score (nSPS) is 16.4. The van der Waals surface area contributed by atoms with Gasteiger partial charge in [-0.25, -0.2) is 0 Å². The molecule has 1 fully saturated rings. The van der Waals surface area contributed by atoms with E-state index < -0.39 is 0 Å². The summed E-state index contributed by atoms with van der Waals surface area (Å²) in [6.45, 7) is 0. The summed E-state index contributed by atoms with van der Waals surface area (Å²) in [5, 5.41) is 20.6. The van der Waals surface area contributed by atoms with Crippen molar-refractivity contribution in [3.8, 4) is 22.9 Å². The number of hydrogen-bond acceptors (Lipinski definition) is 3. The van der Waals surface area contributed by atoms with Gasteiger partial charge in [0.2, 0.25) is 5.88 Å². The van der Waals surface area contributed by atoms with Crippen molar-refractivity contribution in [3.63, 3.8) is 0 Å². The molecule has 2 aromatic rings. The van der Waals surface area contributed by atoms with Crippen LogP contribution in [0.4, 0.5) is 5.69 Å². The number of nitrogens with two attached hydrogens (primary N) is 1. The quantitative estimate of drug-likeness (QED) is 0.731. The molecule has 1 aromatic carbocycles. The zero-order chi connectivity index (χ0) is 14.1. The van der Waals surface area contributed by atoms with Crippen LogP contribution in [0.1, 0.15) is 38.1 Å². The van der Waals surface area contributed by atoms with Crippen LogP contribution >= 0.6 is 0 Å². The number of rotatable bonds is 2. The second kappa shape index (κ2) is 5.12. The monoisotopic (exact) mass is 272 g/mol. The molecule has 0 radical (unpaired) electrons. The third kappa shape index (κ3) is 2.22. The first-order valence-electron chi connectivity index (χ1n) is 7.16. The van der Waals surface area contributed by atoms with Crippen LogP contribution in [0.15, 0.2) is 30.3 Å². The lowest BCUT2D eigenvalue weighted by Gasteiger charge is -2.24. The lowest BCUT2D eigenvalue weighted by molar-refractivity contribution is 0.282. The van der Waals surface area contributed by atoms with E-state index in [9.17, 15) is 10.2 Å². The van der Waals surface area contributed by atoms with Crippen LogP contribution in [0, 0.1) is 0 Å². The van der Waals surface area contributed by atoms with Crippen LogP contribution in [0.3, 0.4) is 0 Å². The first kappa shape index (κ1) is 12.9. The van der Waals surface area contributed by atoms with Crippen molar-refractivity contribution >= 4 is 5.69 Å². The molecule has 1 saturated carbocycles. The fourth-order valence-corrected chi connectivity index (χ4v) is 3.08. The Labute approximate surface area is 118 Å². The minimum absolute atomic E-state index is 0.140. The number of aromatic nitrogens is 1. The molecule has 0 aliphatic heterocycles. The number of aromatic hydroxyl groups is 2. The molecule has 1 aliphatic rings. The summed E-state index contributed by atoms with van der Waals surface area (Å²) >= 11 is 0. The fourth-order valence-electron chi connectivity index (χ4n) is 3.08. The Morgan fingerprint density at radius 1 is 1.00 bits per heavy atom. The molecule has 1 aromatic heterocycles. The molecular formula is C16H20N2O2. The molecule has 1 heterocycles. The van der Waals surface area contributed by atoms with Crippen LogP contribution < -0.4 is 5.73 Å². The molecule has 3 rings (SSSR count). The molecule has 0 bridgehead atoms. The maximum atomic E-state index is 10.5. The zero-order valence-corrected chi connectivity index (χ0v) is 11.4. The van der Waals surface area contributed by atoms with Gasteiger partial charge < -0.3 is 15.9 Å². The summed E-state index contributed by atoms with van der Waals surface area (Å²) in [7, 11) is 0. The van der Waals surface area contributed by atoms with Gasteiger partial charge in [0.25, 0.3) is 0 Å². The predicted octanol–water partition coefficient (Wildman–Crippen LogP) is 3.65. The van der Waals surface area contributed by atoms with E-state index in [4.69, 9.17) is 5.73 Å². The molecule has 4 N–H and O–H groups in total. The van der Waals surface area contributed by atoms with Gasteiger partial charge in [0, 0.05) is 23.4 Å². The van der Waals surface area contributed by atoms with Crippen molar-refractivity contribution in [1.82, 2.24) is 4.57 Å². The summed E-state index contributed by atoms with van der Waals surface area (Å²) in [5.74, 6) is 0.292. The van der Waals surface area contributed by atoms with Crippen molar-refractivity contribution in [2.24, 2.45) is 0 Å². The summed E-state index contributed by atoms with van der Waals surface area (Å²) in [6.07, 6.45) is 5.57. The van der Waals surface area contributed by atoms with Crippen molar-refractivity contribution in [2.75, 3.05) is 5.73 Å². The number of nitrogen functional groups attached to an aromatic ring is 1. The van der Waals surface area contributed by atoms with Crippen LogP contribution in [0.5, 0.6) is 11.8 Å². The topological polar surface area (TPSA) is 71.4 Å². The highest BCUT2D eigenvalue weighted by Crippen LogP contribution is 2.42. The van der Waals surface area contributed by atoms with Crippen LogP contribution in [0.25, 0.3) is 11.1 Å². The Morgan fingerprint density at radius 2 is 1.65 bits per heavy atom. The van der Waals surface area contributed by atoms with E-state index in [0.29, 0.717) is 11.3 Å². The first-order chi connectivity index (χ1) is 9.66. The van der Waals surface area contributed by atoms with Crippen LogP contribution in [-0.4, -0.2) is 14.8 Å². The third-order valence-corrected chi connectivity index (χ3v) is 4.15. The molecule has 106 valence electrons. The van der Waals surface area contributed by atoms with Crippen molar-refractivity contribution < 1.29 is 10.2 Å². The van der Waals surface area contributed by atoms with Gasteiger partial charge in [0.1, 0.15) is 0 Å². The Kier molecular flexibility index (Phi) is 3.30. The average molecular weight is 272 g/mol. The SMILES string of the molecule is Nc1ccc(-c2cc(O)n(C3CCCCC3)c2O)cc1. The zero-order valence-electron chi connectivity index (χ0n) is 11.4. The standard InChI is InChI=1S/C16H20N2O2/c17-12-8-6-11(7-9-12)14-10-15(19)18(16(14)20)13-4-2-1-3-5-13/h6-10,13,19-20H,1-5,17H2. The molecule has 1 aliphatic carbocycles. The van der Waals surface area contributed by atoms with E-state index in [1.54, 1.807) is 22.8 Å². The van der Waals surface area contributed by atoms with E-state index in [-0.39, 0.29) is 17.8 Å². The number of anilines is 1. The summed E-state index contributed by atoms with van der Waals surface area (Å²) in [6, 6.07) is 9.14. The van der Waals surface area contributed by atoms with Crippen molar-refractivity contribution in [2.45, 2.75) is 38.1 Å². The summed E-state index contributed by atoms with van der Waals surface area (Å²) in [5.41, 5.74) is 7.88. The Balaban J connectivity index is 1.99. The minimum atomic E-state index is 0.140. The van der Waals surface area contributed by atoms with Gasteiger partial charge in [0.15, 0.2) is 5.88 Å². The lowest BCUT2D eigenvalue weighted by Crippen LogP contribution is -2.11. The minimum Gasteiger partial charge on any atom is -0.494 e. The molecule has 4 nitrogen and oxygen atoms in total. The largest absolute Gasteiger partial charge is 0.494 e. The van der Waals surface area contributed by atoms with E-state index in [1.807, 2.05) is 12.1 Å². The second-order valence-corrected chi connectivity index (χ2v) is 5.52. The highest BCUT2D eigenvalue weighted by Gasteiger charge is 2.23. The molecular weight excluding hydrogens is 252 g/mol. The Hall–Kier alpha value is -2.10. The van der Waals surface area contributed by atoms with E-state index >= 15 is 0 Å². The van der Waals surface area contributed by atoms with Crippen LogP contribution in [0.2, 0.25) is 0 Å². The van der Waals surface area contributed by atoms with Gasteiger partial charge in [-0.15, -0.1) is 0 Å². The average Bonchev–Trinajstić information content (AvgIpc) is 2.76. The predicted molar refractivity (Wildman–Crippen MR) is 79.7 cm³/mol. The maximum absolute atomic E-state index is 10.5. The Morgan fingerprint density at radius 3 is 2.30 bits per heavy atom. The molecule has 0 atom stereocenters. The molecule has 4 heteroatoms. The number of benzene rings is 1. The van der Waals surface area contributed by atoms with Gasteiger partial charge in [-0.3, -0.25) is 4.57 Å².